The number of nitrogens with one attached hydrogen (secondary N) is 2. The predicted octanol–water partition coefficient (Wildman–Crippen LogP) is -0.382. The Morgan fingerprint density at radius 2 is 1.91 bits per heavy atom. The van der Waals surface area contributed by atoms with Crippen LogP contribution in [-0.2, 0) is 16.1 Å². The molecule has 0 unspecified atom stereocenters. The van der Waals surface area contributed by atoms with Crippen LogP contribution in [0, 0.1) is 5.82 Å². The molecule has 3 N–H and O–H groups in total. The molecular formula is C14H12FN3O5. The van der Waals surface area contributed by atoms with E-state index >= 15 is 0 Å². The average molecular weight is 321 g/mol. The van der Waals surface area contributed by atoms with Gasteiger partial charge in [0.25, 0.3) is 5.56 Å². The molecule has 1 aromatic heterocycles. The summed E-state index contributed by atoms with van der Waals surface area (Å²) in [5.41, 5.74) is -1.83. The number of carboxylic acids is 1. The van der Waals surface area contributed by atoms with E-state index in [9.17, 15) is 28.7 Å². The van der Waals surface area contributed by atoms with Crippen molar-refractivity contribution < 1.29 is 19.1 Å². The topological polar surface area (TPSA) is 121 Å². The van der Waals surface area contributed by atoms with E-state index in [0.29, 0.717) is 16.3 Å². The number of H-pyrrole nitrogens is 1. The molecule has 1 amide bonds. The predicted molar refractivity (Wildman–Crippen MR) is 76.2 cm³/mol. The Kier molecular flexibility index (Phi) is 4.69. The summed E-state index contributed by atoms with van der Waals surface area (Å²) in [7, 11) is 0. The molecule has 0 aliphatic carbocycles. The third-order valence-electron chi connectivity index (χ3n) is 2.97. The minimum absolute atomic E-state index is 0.341. The van der Waals surface area contributed by atoms with E-state index in [0.717, 1.165) is 0 Å². The average Bonchev–Trinajstić information content (AvgIpc) is 2.51. The summed E-state index contributed by atoms with van der Waals surface area (Å²) in [5.74, 6) is -3.34. The zero-order valence-electron chi connectivity index (χ0n) is 11.7. The molecule has 120 valence electrons. The first-order valence-electron chi connectivity index (χ1n) is 6.45. The number of carbonyl (C=O) groups is 2. The maximum absolute atomic E-state index is 13.1. The number of nitrogens with zero attached hydrogens (tertiary/aromatic N) is 1. The minimum atomic E-state index is -1.31. The van der Waals surface area contributed by atoms with E-state index in [4.69, 9.17) is 0 Å². The Bertz CT molecular complexity index is 843. The number of aromatic nitrogens is 2. The highest BCUT2D eigenvalue weighted by Gasteiger charge is 2.22. The van der Waals surface area contributed by atoms with Gasteiger partial charge in [-0.25, -0.2) is 9.59 Å². The van der Waals surface area contributed by atoms with Crippen LogP contribution >= 0.6 is 0 Å². The smallest absolute Gasteiger partial charge is 0.330 e. The van der Waals surface area contributed by atoms with E-state index in [1.54, 1.807) is 23.2 Å². The number of hydrogen-bond acceptors (Lipinski definition) is 4. The Morgan fingerprint density at radius 1 is 1.26 bits per heavy atom. The van der Waals surface area contributed by atoms with E-state index < -0.39 is 41.5 Å². The molecule has 0 fully saturated rings. The molecule has 0 bridgehead atoms. The molecule has 23 heavy (non-hydrogen) atoms. The van der Waals surface area contributed by atoms with Crippen LogP contribution in [0.2, 0.25) is 0 Å². The second kappa shape index (κ2) is 6.69. The first-order valence-corrected chi connectivity index (χ1v) is 6.45. The van der Waals surface area contributed by atoms with Crippen molar-refractivity contribution in [1.29, 1.82) is 0 Å². The van der Waals surface area contributed by atoms with Gasteiger partial charge in [0.2, 0.25) is 11.7 Å². The lowest BCUT2D eigenvalue weighted by Gasteiger charge is -2.15. The number of hydrogen-bond donors (Lipinski definition) is 3. The third-order valence-corrected chi connectivity index (χ3v) is 2.97. The highest BCUT2D eigenvalue weighted by Crippen LogP contribution is 2.12. The number of halogens is 1. The monoisotopic (exact) mass is 321 g/mol. The fraction of sp³-hybridized carbons (Fsp3) is 0.143. The van der Waals surface area contributed by atoms with E-state index in [2.05, 4.69) is 5.32 Å². The molecule has 0 aliphatic rings. The van der Waals surface area contributed by atoms with Gasteiger partial charge in [-0.2, -0.15) is 4.39 Å². The molecule has 2 rings (SSSR count). The van der Waals surface area contributed by atoms with Crippen molar-refractivity contribution in [2.45, 2.75) is 12.6 Å². The van der Waals surface area contributed by atoms with Gasteiger partial charge in [0.15, 0.2) is 6.04 Å². The van der Waals surface area contributed by atoms with Crippen molar-refractivity contribution >= 4 is 11.9 Å². The van der Waals surface area contributed by atoms with Crippen molar-refractivity contribution in [3.05, 3.63) is 68.7 Å². The van der Waals surface area contributed by atoms with Crippen LogP contribution in [0.5, 0.6) is 0 Å². The van der Waals surface area contributed by atoms with Crippen LogP contribution in [0.3, 0.4) is 0 Å². The Morgan fingerprint density at radius 3 is 2.52 bits per heavy atom. The molecule has 1 aromatic carbocycles. The standard InChI is InChI=1S/C14H12FN3O5/c15-9-6-18(14(23)17-12(9)20)7-10(19)16-11(13(21)22)8-4-2-1-3-5-8/h1-6,11H,7H2,(H,16,19)(H,21,22)(H,17,20,23)/t11-/m1/s1. The van der Waals surface area contributed by atoms with Gasteiger partial charge in [0, 0.05) is 0 Å². The summed E-state index contributed by atoms with van der Waals surface area (Å²) in [4.78, 5) is 47.2. The molecule has 0 saturated carbocycles. The normalized spacial score (nSPS) is 11.7. The zero-order valence-corrected chi connectivity index (χ0v) is 11.7. The van der Waals surface area contributed by atoms with Crippen LogP contribution < -0.4 is 16.6 Å². The lowest BCUT2D eigenvalue weighted by Crippen LogP contribution is -2.39. The number of rotatable bonds is 5. The van der Waals surface area contributed by atoms with Crippen molar-refractivity contribution in [1.82, 2.24) is 14.9 Å². The molecule has 0 spiro atoms. The van der Waals surface area contributed by atoms with Gasteiger partial charge in [-0.3, -0.25) is 19.1 Å². The van der Waals surface area contributed by atoms with Crippen LogP contribution in [0.1, 0.15) is 11.6 Å². The van der Waals surface area contributed by atoms with Gasteiger partial charge >= 0.3 is 11.7 Å². The third kappa shape index (κ3) is 3.90. The van der Waals surface area contributed by atoms with E-state index in [1.807, 2.05) is 0 Å². The molecule has 0 saturated heterocycles. The fourth-order valence-corrected chi connectivity index (χ4v) is 1.89. The van der Waals surface area contributed by atoms with E-state index in [-0.39, 0.29) is 0 Å². The van der Waals surface area contributed by atoms with Gasteiger partial charge in [-0.15, -0.1) is 0 Å². The molecule has 9 heteroatoms. The molecule has 1 atom stereocenters. The number of carboxylic acid groups (broad SMARTS) is 1. The molecule has 0 radical (unpaired) electrons. The fourth-order valence-electron chi connectivity index (χ4n) is 1.89. The van der Waals surface area contributed by atoms with Gasteiger partial charge in [-0.1, -0.05) is 30.3 Å². The molecule has 1 heterocycles. The lowest BCUT2D eigenvalue weighted by molar-refractivity contribution is -0.142. The minimum Gasteiger partial charge on any atom is -0.479 e. The Balaban J connectivity index is 2.18. The number of amides is 1. The summed E-state index contributed by atoms with van der Waals surface area (Å²) in [6, 6.07) is 6.63. The highest BCUT2D eigenvalue weighted by molar-refractivity contribution is 5.84. The second-order valence-corrected chi connectivity index (χ2v) is 4.61. The van der Waals surface area contributed by atoms with Crippen molar-refractivity contribution in [3.63, 3.8) is 0 Å². The van der Waals surface area contributed by atoms with Crippen LogP contribution in [0.4, 0.5) is 4.39 Å². The Hall–Kier alpha value is -3.23. The number of carbonyl (C=O) groups excluding carboxylic acids is 1. The maximum Gasteiger partial charge on any atom is 0.330 e. The second-order valence-electron chi connectivity index (χ2n) is 4.61. The van der Waals surface area contributed by atoms with Gasteiger partial charge < -0.3 is 10.4 Å². The van der Waals surface area contributed by atoms with Crippen molar-refractivity contribution in [2.24, 2.45) is 0 Å². The van der Waals surface area contributed by atoms with Crippen molar-refractivity contribution in [3.8, 4) is 0 Å². The summed E-state index contributed by atoms with van der Waals surface area (Å²) < 4.78 is 13.8. The molecule has 2 aromatic rings. The quantitative estimate of drug-likeness (QED) is 0.693. The zero-order chi connectivity index (χ0) is 17.0. The number of benzene rings is 1. The van der Waals surface area contributed by atoms with Gasteiger partial charge in [0.05, 0.1) is 6.20 Å². The first-order chi connectivity index (χ1) is 10.9. The van der Waals surface area contributed by atoms with E-state index in [1.165, 1.54) is 12.1 Å². The summed E-state index contributed by atoms with van der Waals surface area (Å²) in [6.45, 7) is -0.636. The van der Waals surface area contributed by atoms with Crippen LogP contribution in [0.25, 0.3) is 0 Å². The number of aromatic amines is 1. The van der Waals surface area contributed by atoms with Gasteiger partial charge in [-0.05, 0) is 5.56 Å². The molecular weight excluding hydrogens is 309 g/mol. The lowest BCUT2D eigenvalue weighted by atomic mass is 10.1. The summed E-state index contributed by atoms with van der Waals surface area (Å²) in [5, 5.41) is 11.4. The van der Waals surface area contributed by atoms with Crippen LogP contribution in [0.15, 0.2) is 46.1 Å². The summed E-state index contributed by atoms with van der Waals surface area (Å²) in [6.07, 6.45) is 0.582. The SMILES string of the molecule is O=C(Cn1cc(F)c(=O)[nH]c1=O)N[C@@H](C(=O)O)c1ccccc1. The number of aliphatic carboxylic acids is 1. The van der Waals surface area contributed by atoms with Crippen molar-refractivity contribution in [2.75, 3.05) is 0 Å². The Labute approximate surface area is 128 Å². The summed E-state index contributed by atoms with van der Waals surface area (Å²) >= 11 is 0. The van der Waals surface area contributed by atoms with Gasteiger partial charge in [0.1, 0.15) is 6.54 Å². The largest absolute Gasteiger partial charge is 0.479 e. The first kappa shape index (κ1) is 16.1. The molecule has 8 nitrogen and oxygen atoms in total. The molecule has 0 aliphatic heterocycles. The highest BCUT2D eigenvalue weighted by atomic mass is 19.1. The maximum atomic E-state index is 13.1. The van der Waals surface area contributed by atoms with Crippen LogP contribution in [-0.4, -0.2) is 26.5 Å².